The molecule has 0 saturated heterocycles. The van der Waals surface area contributed by atoms with Gasteiger partial charge in [-0.1, -0.05) is 40.5 Å². The van der Waals surface area contributed by atoms with Crippen LogP contribution >= 0.6 is 0 Å². The lowest BCUT2D eigenvalue weighted by Gasteiger charge is -2.21. The van der Waals surface area contributed by atoms with Crippen LogP contribution in [0.2, 0.25) is 0 Å². The summed E-state index contributed by atoms with van der Waals surface area (Å²) in [4.78, 5) is 0. The van der Waals surface area contributed by atoms with Crippen LogP contribution in [0, 0.1) is 11.8 Å². The fourth-order valence-electron chi connectivity index (χ4n) is 1.05. The van der Waals surface area contributed by atoms with Crippen molar-refractivity contribution >= 4 is 0 Å². The zero-order chi connectivity index (χ0) is 9.56. The van der Waals surface area contributed by atoms with Gasteiger partial charge in [0.1, 0.15) is 0 Å². The maximum absolute atomic E-state index is 9.49. The standard InChI is InChI=1S/C10H23NO/c1-5-9(3)7-11(12)8-10(4)6-2/h9-10,12H,5-8H2,1-4H3. The molecule has 0 rings (SSSR count). The molecular weight excluding hydrogens is 150 g/mol. The second-order valence-electron chi connectivity index (χ2n) is 3.90. The molecular formula is C10H23NO. The van der Waals surface area contributed by atoms with Crippen LogP contribution in [0.5, 0.6) is 0 Å². The first-order valence-corrected chi connectivity index (χ1v) is 5.03. The normalized spacial score (nSPS) is 16.5. The molecule has 0 fully saturated rings. The van der Waals surface area contributed by atoms with Gasteiger partial charge in [-0.3, -0.25) is 0 Å². The van der Waals surface area contributed by atoms with Gasteiger partial charge in [-0.15, -0.1) is 0 Å². The maximum atomic E-state index is 9.49. The average Bonchev–Trinajstić information content (AvgIpc) is 2.03. The quantitative estimate of drug-likeness (QED) is 0.624. The predicted molar refractivity (Wildman–Crippen MR) is 52.3 cm³/mol. The molecule has 0 spiro atoms. The van der Waals surface area contributed by atoms with Crippen molar-refractivity contribution in [2.24, 2.45) is 11.8 Å². The summed E-state index contributed by atoms with van der Waals surface area (Å²) in [6.07, 6.45) is 2.27. The van der Waals surface area contributed by atoms with E-state index in [1.165, 1.54) is 5.06 Å². The molecule has 0 aromatic rings. The molecule has 0 amide bonds. The van der Waals surface area contributed by atoms with Gasteiger partial charge in [0.05, 0.1) is 0 Å². The topological polar surface area (TPSA) is 23.5 Å². The van der Waals surface area contributed by atoms with E-state index in [-0.39, 0.29) is 0 Å². The summed E-state index contributed by atoms with van der Waals surface area (Å²) in [5, 5.41) is 10.9. The Hall–Kier alpha value is -0.0800. The minimum Gasteiger partial charge on any atom is -0.314 e. The SMILES string of the molecule is CCC(C)CN(O)CC(C)CC. The van der Waals surface area contributed by atoms with Crippen LogP contribution in [0.25, 0.3) is 0 Å². The molecule has 2 heteroatoms. The van der Waals surface area contributed by atoms with E-state index in [0.717, 1.165) is 25.9 Å². The number of nitrogens with zero attached hydrogens (tertiary/aromatic N) is 1. The Balaban J connectivity index is 3.51. The molecule has 2 nitrogen and oxygen atoms in total. The van der Waals surface area contributed by atoms with Gasteiger partial charge in [0.15, 0.2) is 0 Å². The van der Waals surface area contributed by atoms with Crippen LogP contribution in [0.3, 0.4) is 0 Å². The van der Waals surface area contributed by atoms with Crippen LogP contribution in [-0.2, 0) is 0 Å². The van der Waals surface area contributed by atoms with E-state index in [2.05, 4.69) is 27.7 Å². The highest BCUT2D eigenvalue weighted by atomic mass is 16.5. The smallest absolute Gasteiger partial charge is 0.0263 e. The Labute approximate surface area is 76.5 Å². The third kappa shape index (κ3) is 5.56. The molecule has 0 aromatic heterocycles. The molecule has 0 aliphatic heterocycles. The molecule has 0 heterocycles. The second kappa shape index (κ2) is 6.44. The molecule has 0 aliphatic carbocycles. The minimum absolute atomic E-state index is 0.596. The summed E-state index contributed by atoms with van der Waals surface area (Å²) in [5.74, 6) is 1.19. The van der Waals surface area contributed by atoms with E-state index in [1.54, 1.807) is 0 Å². The second-order valence-corrected chi connectivity index (χ2v) is 3.90. The highest BCUT2D eigenvalue weighted by Gasteiger charge is 2.08. The van der Waals surface area contributed by atoms with E-state index >= 15 is 0 Å². The first-order chi connectivity index (χ1) is 5.60. The first-order valence-electron chi connectivity index (χ1n) is 5.03. The van der Waals surface area contributed by atoms with Crippen LogP contribution < -0.4 is 0 Å². The lowest BCUT2D eigenvalue weighted by atomic mass is 10.1. The summed E-state index contributed by atoms with van der Waals surface area (Å²) in [5.41, 5.74) is 0. The molecule has 0 aromatic carbocycles. The van der Waals surface area contributed by atoms with Gasteiger partial charge in [-0.25, -0.2) is 0 Å². The lowest BCUT2D eigenvalue weighted by molar-refractivity contribution is -0.109. The predicted octanol–water partition coefficient (Wildman–Crippen LogP) is 2.77. The van der Waals surface area contributed by atoms with Crippen molar-refractivity contribution in [1.29, 1.82) is 0 Å². The fourth-order valence-corrected chi connectivity index (χ4v) is 1.05. The van der Waals surface area contributed by atoms with Crippen molar-refractivity contribution < 1.29 is 5.21 Å². The van der Waals surface area contributed by atoms with Gasteiger partial charge >= 0.3 is 0 Å². The van der Waals surface area contributed by atoms with E-state index in [4.69, 9.17) is 0 Å². The van der Waals surface area contributed by atoms with E-state index < -0.39 is 0 Å². The van der Waals surface area contributed by atoms with Gasteiger partial charge < -0.3 is 5.21 Å². The monoisotopic (exact) mass is 173 g/mol. The summed E-state index contributed by atoms with van der Waals surface area (Å²) < 4.78 is 0. The number of hydrogen-bond donors (Lipinski definition) is 1. The Morgan fingerprint density at radius 2 is 1.33 bits per heavy atom. The molecule has 0 aliphatic rings. The lowest BCUT2D eigenvalue weighted by Crippen LogP contribution is -2.29. The van der Waals surface area contributed by atoms with Gasteiger partial charge in [0, 0.05) is 13.1 Å². The van der Waals surface area contributed by atoms with Gasteiger partial charge in [-0.2, -0.15) is 5.06 Å². The third-order valence-electron chi connectivity index (χ3n) is 2.44. The largest absolute Gasteiger partial charge is 0.314 e. The maximum Gasteiger partial charge on any atom is 0.0263 e. The van der Waals surface area contributed by atoms with E-state index in [9.17, 15) is 5.21 Å². The van der Waals surface area contributed by atoms with Crippen molar-refractivity contribution in [3.05, 3.63) is 0 Å². The average molecular weight is 173 g/mol. The molecule has 12 heavy (non-hydrogen) atoms. The van der Waals surface area contributed by atoms with Crippen LogP contribution in [0.4, 0.5) is 0 Å². The summed E-state index contributed by atoms with van der Waals surface area (Å²) in [6, 6.07) is 0. The fraction of sp³-hybridized carbons (Fsp3) is 1.00. The van der Waals surface area contributed by atoms with E-state index in [0.29, 0.717) is 11.8 Å². The van der Waals surface area contributed by atoms with Crippen molar-refractivity contribution in [1.82, 2.24) is 5.06 Å². The third-order valence-corrected chi connectivity index (χ3v) is 2.44. The molecule has 2 atom stereocenters. The zero-order valence-electron chi connectivity index (χ0n) is 8.88. The Kier molecular flexibility index (Phi) is 6.39. The van der Waals surface area contributed by atoms with Crippen LogP contribution in [0.15, 0.2) is 0 Å². The molecule has 0 radical (unpaired) electrons. The number of hydroxylamine groups is 2. The molecule has 0 saturated carbocycles. The summed E-state index contributed by atoms with van der Waals surface area (Å²) >= 11 is 0. The highest BCUT2D eigenvalue weighted by molar-refractivity contribution is 4.57. The Bertz CT molecular complexity index is 94.0. The molecule has 74 valence electrons. The van der Waals surface area contributed by atoms with Crippen molar-refractivity contribution in [2.45, 2.75) is 40.5 Å². The Morgan fingerprint density at radius 3 is 1.58 bits per heavy atom. The minimum atomic E-state index is 0.596. The van der Waals surface area contributed by atoms with Crippen molar-refractivity contribution in [2.75, 3.05) is 13.1 Å². The summed E-state index contributed by atoms with van der Waals surface area (Å²) in [7, 11) is 0. The molecule has 1 N–H and O–H groups in total. The zero-order valence-corrected chi connectivity index (χ0v) is 8.88. The van der Waals surface area contributed by atoms with Crippen molar-refractivity contribution in [3.8, 4) is 0 Å². The van der Waals surface area contributed by atoms with Crippen LogP contribution in [-0.4, -0.2) is 23.4 Å². The molecule has 2 unspecified atom stereocenters. The first kappa shape index (κ1) is 11.9. The van der Waals surface area contributed by atoms with Gasteiger partial charge in [0.25, 0.3) is 0 Å². The molecule has 0 bridgehead atoms. The number of rotatable bonds is 6. The van der Waals surface area contributed by atoms with Crippen LogP contribution in [0.1, 0.15) is 40.5 Å². The van der Waals surface area contributed by atoms with Crippen molar-refractivity contribution in [3.63, 3.8) is 0 Å². The van der Waals surface area contributed by atoms with E-state index in [1.807, 2.05) is 0 Å². The Morgan fingerprint density at radius 1 is 1.00 bits per heavy atom. The summed E-state index contributed by atoms with van der Waals surface area (Å²) in [6.45, 7) is 10.3. The van der Waals surface area contributed by atoms with Gasteiger partial charge in [0.2, 0.25) is 0 Å². The number of hydrogen-bond acceptors (Lipinski definition) is 2. The van der Waals surface area contributed by atoms with Gasteiger partial charge in [-0.05, 0) is 11.8 Å². The highest BCUT2D eigenvalue weighted by Crippen LogP contribution is 2.06.